The third-order valence-electron chi connectivity index (χ3n) is 0.580. The molecule has 1 rings (SSSR count). The van der Waals surface area contributed by atoms with E-state index in [9.17, 15) is 0 Å². The minimum Gasteiger partial charge on any atom is -0.0846 e. The van der Waals surface area contributed by atoms with Crippen molar-refractivity contribution in [3.63, 3.8) is 0 Å². The molecule has 0 aromatic carbocycles. The van der Waals surface area contributed by atoms with Crippen LogP contribution in [0.5, 0.6) is 0 Å². The summed E-state index contributed by atoms with van der Waals surface area (Å²) in [5, 5.41) is 0. The second kappa shape index (κ2) is 2.00. The number of hydrogen-bond acceptors (Lipinski definition) is 0. The highest BCUT2D eigenvalue weighted by Crippen LogP contribution is 2.11. The van der Waals surface area contributed by atoms with Crippen molar-refractivity contribution in [1.29, 1.82) is 0 Å². The maximum Gasteiger partial charge on any atom is -0.00489 e. The Bertz CT molecular complexity index is 107. The smallest absolute Gasteiger partial charge is 0.00489 e. The van der Waals surface area contributed by atoms with Gasteiger partial charge >= 0.3 is 0 Å². The standard InChI is InChI=1S/C5H5P/c1-2-4-6-5-3-1/h2,5-6H,4H2. The van der Waals surface area contributed by atoms with Gasteiger partial charge in [0.25, 0.3) is 0 Å². The van der Waals surface area contributed by atoms with E-state index in [0.717, 1.165) is 8.58 Å². The molecule has 30 valence electrons. The summed E-state index contributed by atoms with van der Waals surface area (Å²) < 4.78 is 0. The van der Waals surface area contributed by atoms with Crippen LogP contribution < -0.4 is 0 Å². The van der Waals surface area contributed by atoms with E-state index in [1.807, 2.05) is 11.9 Å². The maximum absolute atomic E-state index is 2.87. The molecule has 0 saturated carbocycles. The van der Waals surface area contributed by atoms with Crippen LogP contribution >= 0.6 is 8.58 Å². The molecule has 1 heteroatoms. The average Bonchev–Trinajstić information content (AvgIpc) is 1.72. The van der Waals surface area contributed by atoms with Crippen LogP contribution in [-0.4, -0.2) is 6.16 Å². The molecule has 0 saturated heterocycles. The second-order valence-corrected chi connectivity index (χ2v) is 2.15. The highest BCUT2D eigenvalue weighted by Gasteiger charge is 1.73. The van der Waals surface area contributed by atoms with Gasteiger partial charge in [-0.2, -0.15) is 0 Å². The highest BCUT2D eigenvalue weighted by molar-refractivity contribution is 7.41. The lowest BCUT2D eigenvalue weighted by molar-refractivity contribution is 1.77. The van der Waals surface area contributed by atoms with Crippen molar-refractivity contribution in [2.45, 2.75) is 0 Å². The van der Waals surface area contributed by atoms with Gasteiger partial charge in [0.05, 0.1) is 0 Å². The lowest BCUT2D eigenvalue weighted by atomic mass is 10.6. The Morgan fingerprint density at radius 2 is 2.50 bits per heavy atom. The largest absolute Gasteiger partial charge is 0.0846 e. The second-order valence-electron chi connectivity index (χ2n) is 1.05. The molecule has 0 nitrogen and oxygen atoms in total. The van der Waals surface area contributed by atoms with Gasteiger partial charge in [0, 0.05) is 0 Å². The molecule has 6 heavy (non-hydrogen) atoms. The van der Waals surface area contributed by atoms with E-state index in [-0.39, 0.29) is 0 Å². The number of rotatable bonds is 0. The van der Waals surface area contributed by atoms with E-state index in [4.69, 9.17) is 0 Å². The molecule has 1 atom stereocenters. The van der Waals surface area contributed by atoms with Crippen LogP contribution in [0.3, 0.4) is 0 Å². The molecule has 0 bridgehead atoms. The Hall–Kier alpha value is -0.270. The minimum absolute atomic E-state index is 0.948. The Balaban J connectivity index is 2.88. The molecule has 0 aromatic rings. The van der Waals surface area contributed by atoms with E-state index in [0.29, 0.717) is 0 Å². The van der Waals surface area contributed by atoms with Crippen LogP contribution in [0, 0.1) is 0 Å². The van der Waals surface area contributed by atoms with Crippen molar-refractivity contribution in [3.05, 3.63) is 23.4 Å². The topological polar surface area (TPSA) is 0 Å². The fourth-order valence-electron chi connectivity index (χ4n) is 0.321. The molecule has 0 spiro atoms. The van der Waals surface area contributed by atoms with Gasteiger partial charge in [-0.3, -0.25) is 0 Å². The highest BCUT2D eigenvalue weighted by atomic mass is 31.1. The Kier molecular flexibility index (Phi) is 1.30. The van der Waals surface area contributed by atoms with Gasteiger partial charge in [0.15, 0.2) is 0 Å². The fourth-order valence-corrected chi connectivity index (χ4v) is 0.844. The van der Waals surface area contributed by atoms with Gasteiger partial charge in [-0.15, -0.1) is 0 Å². The van der Waals surface area contributed by atoms with Crippen LogP contribution in [0.2, 0.25) is 0 Å². The van der Waals surface area contributed by atoms with E-state index >= 15 is 0 Å². The quantitative estimate of drug-likeness (QED) is 0.316. The summed E-state index contributed by atoms with van der Waals surface area (Å²) in [6, 6.07) is 0. The van der Waals surface area contributed by atoms with E-state index < -0.39 is 0 Å². The Morgan fingerprint density at radius 1 is 1.50 bits per heavy atom. The molecule has 0 aromatic heterocycles. The summed E-state index contributed by atoms with van der Waals surface area (Å²) >= 11 is 0. The summed E-state index contributed by atoms with van der Waals surface area (Å²) in [4.78, 5) is 0. The van der Waals surface area contributed by atoms with Crippen molar-refractivity contribution in [3.8, 4) is 0 Å². The summed E-state index contributed by atoms with van der Waals surface area (Å²) in [7, 11) is 0.948. The van der Waals surface area contributed by atoms with E-state index in [1.165, 1.54) is 6.16 Å². The van der Waals surface area contributed by atoms with Gasteiger partial charge in [0.1, 0.15) is 0 Å². The van der Waals surface area contributed by atoms with Crippen LogP contribution in [0.15, 0.2) is 23.4 Å². The zero-order valence-electron chi connectivity index (χ0n) is 3.36. The van der Waals surface area contributed by atoms with Crippen molar-refractivity contribution in [2.24, 2.45) is 0 Å². The molecule has 1 unspecified atom stereocenters. The molecular weight excluding hydrogens is 91.0 g/mol. The van der Waals surface area contributed by atoms with Crippen LogP contribution in [0.1, 0.15) is 0 Å². The number of hydrogen-bond donors (Lipinski definition) is 0. The first-order valence-corrected chi connectivity index (χ1v) is 3.16. The normalized spacial score (nSPS) is 20.0. The van der Waals surface area contributed by atoms with Crippen molar-refractivity contribution in [1.82, 2.24) is 0 Å². The van der Waals surface area contributed by atoms with Gasteiger partial charge in [-0.25, -0.2) is 0 Å². The predicted octanol–water partition coefficient (Wildman–Crippen LogP) is 1.50. The molecule has 1 aliphatic heterocycles. The van der Waals surface area contributed by atoms with Gasteiger partial charge in [-0.1, -0.05) is 20.0 Å². The zero-order valence-corrected chi connectivity index (χ0v) is 4.36. The zero-order chi connectivity index (χ0) is 4.24. The van der Waals surface area contributed by atoms with Crippen LogP contribution in [0.4, 0.5) is 0 Å². The first-order valence-electron chi connectivity index (χ1n) is 1.88. The third-order valence-corrected chi connectivity index (χ3v) is 1.37. The van der Waals surface area contributed by atoms with Gasteiger partial charge in [0.2, 0.25) is 0 Å². The summed E-state index contributed by atoms with van der Waals surface area (Å²) in [6.07, 6.45) is 3.19. The summed E-state index contributed by atoms with van der Waals surface area (Å²) in [5.74, 6) is 2.03. The van der Waals surface area contributed by atoms with Crippen LogP contribution in [0.25, 0.3) is 0 Å². The van der Waals surface area contributed by atoms with E-state index in [1.54, 1.807) is 0 Å². The number of allylic oxidation sites excluding steroid dienone is 1. The lowest BCUT2D eigenvalue weighted by Gasteiger charge is -1.81. The Morgan fingerprint density at radius 3 is 2.67 bits per heavy atom. The fraction of sp³-hybridized carbons (Fsp3) is 0.200. The van der Waals surface area contributed by atoms with Gasteiger partial charge in [-0.05, 0) is 18.1 Å². The molecule has 0 amide bonds. The predicted molar refractivity (Wildman–Crippen MR) is 29.3 cm³/mol. The average molecular weight is 96.1 g/mol. The van der Waals surface area contributed by atoms with Crippen LogP contribution in [-0.2, 0) is 0 Å². The molecule has 1 aliphatic rings. The minimum atomic E-state index is 0.948. The lowest BCUT2D eigenvalue weighted by Crippen LogP contribution is -1.59. The SMILES string of the molecule is C1=C=CPCC=1. The van der Waals surface area contributed by atoms with Crippen molar-refractivity contribution < 1.29 is 0 Å². The molecular formula is C5H5P. The van der Waals surface area contributed by atoms with Gasteiger partial charge < -0.3 is 0 Å². The Labute approximate surface area is 39.0 Å². The maximum atomic E-state index is 2.87. The first kappa shape index (κ1) is 3.90. The first-order chi connectivity index (χ1) is 3.00. The van der Waals surface area contributed by atoms with E-state index in [2.05, 4.69) is 11.5 Å². The molecule has 0 aliphatic carbocycles. The molecule has 0 fully saturated rings. The third kappa shape index (κ3) is 0.847. The molecule has 1 heterocycles. The summed E-state index contributed by atoms with van der Waals surface area (Å²) in [6.45, 7) is 0. The monoisotopic (exact) mass is 96.0 g/mol. The summed E-state index contributed by atoms with van der Waals surface area (Å²) in [5.41, 5.74) is 5.73. The van der Waals surface area contributed by atoms with Crippen molar-refractivity contribution in [2.75, 3.05) is 6.16 Å². The molecule has 0 N–H and O–H groups in total. The van der Waals surface area contributed by atoms with Crippen molar-refractivity contribution >= 4 is 8.58 Å². The molecule has 0 radical (unpaired) electrons.